The largest absolute Gasteiger partial charge is 0.332 e. The molecule has 5 nitrogen and oxygen atoms in total. The number of carbonyl (C=O) groups is 1. The van der Waals surface area contributed by atoms with Gasteiger partial charge in [-0.05, 0) is 67.1 Å². The highest BCUT2D eigenvalue weighted by Crippen LogP contribution is 2.24. The SMILES string of the molecule is CCC(C)N(CC(=O)N(Cc1ccccc1)Cc1sccc1C)S(=O)(=O)c1ccc(Br)cc1. The van der Waals surface area contributed by atoms with E-state index < -0.39 is 10.0 Å². The molecule has 2 aromatic carbocycles. The average Bonchev–Trinajstić information content (AvgIpc) is 3.21. The Morgan fingerprint density at radius 1 is 1.03 bits per heavy atom. The van der Waals surface area contributed by atoms with Gasteiger partial charge in [0.15, 0.2) is 0 Å². The first-order valence-corrected chi connectivity index (χ1v) is 14.0. The number of aryl methyl sites for hydroxylation is 1. The van der Waals surface area contributed by atoms with Crippen LogP contribution in [0.3, 0.4) is 0 Å². The van der Waals surface area contributed by atoms with Crippen molar-refractivity contribution in [3.63, 3.8) is 0 Å². The van der Waals surface area contributed by atoms with Crippen LogP contribution in [-0.4, -0.2) is 36.1 Å². The van der Waals surface area contributed by atoms with Gasteiger partial charge in [0, 0.05) is 21.9 Å². The summed E-state index contributed by atoms with van der Waals surface area (Å²) in [5.74, 6) is -0.215. The molecule has 0 aliphatic rings. The first-order chi connectivity index (χ1) is 15.7. The predicted molar refractivity (Wildman–Crippen MR) is 138 cm³/mol. The molecule has 0 bridgehead atoms. The van der Waals surface area contributed by atoms with Gasteiger partial charge in [-0.1, -0.05) is 53.2 Å². The summed E-state index contributed by atoms with van der Waals surface area (Å²) < 4.78 is 29.1. The molecule has 1 amide bonds. The second kappa shape index (κ2) is 11.4. The van der Waals surface area contributed by atoms with Crippen molar-refractivity contribution in [1.29, 1.82) is 0 Å². The summed E-state index contributed by atoms with van der Waals surface area (Å²) in [6.45, 7) is 6.46. The summed E-state index contributed by atoms with van der Waals surface area (Å²) in [6.07, 6.45) is 0.603. The lowest BCUT2D eigenvalue weighted by Gasteiger charge is -2.30. The number of sulfonamides is 1. The van der Waals surface area contributed by atoms with Crippen LogP contribution in [0.2, 0.25) is 0 Å². The van der Waals surface area contributed by atoms with Crippen LogP contribution >= 0.6 is 27.3 Å². The minimum absolute atomic E-state index is 0.183. The Morgan fingerprint density at radius 2 is 1.70 bits per heavy atom. The van der Waals surface area contributed by atoms with E-state index in [1.807, 2.05) is 62.5 Å². The van der Waals surface area contributed by atoms with E-state index in [1.165, 1.54) is 4.31 Å². The highest BCUT2D eigenvalue weighted by Gasteiger charge is 2.32. The molecule has 1 aromatic heterocycles. The van der Waals surface area contributed by atoms with E-state index in [9.17, 15) is 13.2 Å². The summed E-state index contributed by atoms with van der Waals surface area (Å²) in [7, 11) is -3.83. The van der Waals surface area contributed by atoms with E-state index in [2.05, 4.69) is 15.9 Å². The fourth-order valence-corrected chi connectivity index (χ4v) is 6.27. The Kier molecular flexibility index (Phi) is 8.87. The van der Waals surface area contributed by atoms with Crippen molar-refractivity contribution in [3.05, 3.63) is 86.5 Å². The van der Waals surface area contributed by atoms with Gasteiger partial charge in [-0.2, -0.15) is 4.31 Å². The number of rotatable bonds is 10. The zero-order valence-corrected chi connectivity index (χ0v) is 22.3. The van der Waals surface area contributed by atoms with E-state index in [1.54, 1.807) is 40.5 Å². The van der Waals surface area contributed by atoms with Gasteiger partial charge in [0.05, 0.1) is 18.0 Å². The van der Waals surface area contributed by atoms with Crippen LogP contribution in [0, 0.1) is 6.92 Å². The van der Waals surface area contributed by atoms with Crippen molar-refractivity contribution < 1.29 is 13.2 Å². The molecule has 0 spiro atoms. The Balaban J connectivity index is 1.90. The molecule has 176 valence electrons. The number of amides is 1. The van der Waals surface area contributed by atoms with E-state index in [0.717, 1.165) is 20.5 Å². The molecule has 0 saturated carbocycles. The number of halogens is 1. The fourth-order valence-electron chi connectivity index (χ4n) is 3.43. The molecule has 33 heavy (non-hydrogen) atoms. The molecule has 0 radical (unpaired) electrons. The number of nitrogens with zero attached hydrogens (tertiary/aromatic N) is 2. The van der Waals surface area contributed by atoms with Crippen molar-refractivity contribution in [1.82, 2.24) is 9.21 Å². The molecule has 1 atom stereocenters. The first kappa shape index (κ1) is 25.6. The molecular weight excluding hydrogens is 520 g/mol. The third kappa shape index (κ3) is 6.53. The summed E-state index contributed by atoms with van der Waals surface area (Å²) in [5.41, 5.74) is 2.14. The van der Waals surface area contributed by atoms with Crippen LogP contribution in [-0.2, 0) is 27.9 Å². The van der Waals surface area contributed by atoms with Gasteiger partial charge in [-0.25, -0.2) is 8.42 Å². The average molecular weight is 550 g/mol. The van der Waals surface area contributed by atoms with Gasteiger partial charge in [0.2, 0.25) is 15.9 Å². The van der Waals surface area contributed by atoms with Crippen LogP contribution in [0.1, 0.15) is 36.3 Å². The third-order valence-corrected chi connectivity index (χ3v) is 9.18. The zero-order chi connectivity index (χ0) is 24.0. The van der Waals surface area contributed by atoms with Crippen molar-refractivity contribution in [2.75, 3.05) is 6.54 Å². The molecule has 0 aliphatic heterocycles. The Morgan fingerprint density at radius 3 is 2.27 bits per heavy atom. The summed E-state index contributed by atoms with van der Waals surface area (Å²) in [6, 6.07) is 18.0. The third-order valence-electron chi connectivity index (χ3n) is 5.67. The van der Waals surface area contributed by atoms with Gasteiger partial charge < -0.3 is 4.90 Å². The number of benzene rings is 2. The molecule has 0 fully saturated rings. The second-order valence-electron chi connectivity index (χ2n) is 8.02. The van der Waals surface area contributed by atoms with Crippen molar-refractivity contribution in [2.45, 2.75) is 51.2 Å². The molecule has 3 rings (SSSR count). The monoisotopic (exact) mass is 548 g/mol. The Hall–Kier alpha value is -2.00. The summed E-state index contributed by atoms with van der Waals surface area (Å²) in [5, 5.41) is 2.01. The first-order valence-electron chi connectivity index (χ1n) is 10.8. The van der Waals surface area contributed by atoms with E-state index in [0.29, 0.717) is 19.5 Å². The molecule has 0 aliphatic carbocycles. The minimum atomic E-state index is -3.83. The number of hydrogen-bond donors (Lipinski definition) is 0. The fraction of sp³-hybridized carbons (Fsp3) is 0.320. The lowest BCUT2D eigenvalue weighted by Crippen LogP contribution is -2.46. The topological polar surface area (TPSA) is 57.7 Å². The van der Waals surface area contributed by atoms with Crippen LogP contribution in [0.15, 0.2) is 75.4 Å². The summed E-state index contributed by atoms with van der Waals surface area (Å²) in [4.78, 5) is 16.6. The van der Waals surface area contributed by atoms with Crippen LogP contribution in [0.25, 0.3) is 0 Å². The molecule has 1 heterocycles. The van der Waals surface area contributed by atoms with Gasteiger partial charge in [0.25, 0.3) is 0 Å². The van der Waals surface area contributed by atoms with Gasteiger partial charge in [0.1, 0.15) is 0 Å². The zero-order valence-electron chi connectivity index (χ0n) is 19.1. The van der Waals surface area contributed by atoms with E-state index >= 15 is 0 Å². The number of thiophene rings is 1. The van der Waals surface area contributed by atoms with Gasteiger partial charge in [-0.3, -0.25) is 4.79 Å². The lowest BCUT2D eigenvalue weighted by atomic mass is 10.2. The van der Waals surface area contributed by atoms with Gasteiger partial charge >= 0.3 is 0 Å². The van der Waals surface area contributed by atoms with Crippen molar-refractivity contribution in [3.8, 4) is 0 Å². The molecule has 1 unspecified atom stereocenters. The molecular formula is C25H29BrN2O3S2. The van der Waals surface area contributed by atoms with E-state index in [4.69, 9.17) is 0 Å². The van der Waals surface area contributed by atoms with Crippen LogP contribution < -0.4 is 0 Å². The predicted octanol–water partition coefficient (Wildman–Crippen LogP) is 5.84. The highest BCUT2D eigenvalue weighted by atomic mass is 79.9. The number of carbonyl (C=O) groups excluding carboxylic acids is 1. The maximum absolute atomic E-state index is 13.6. The van der Waals surface area contributed by atoms with E-state index in [-0.39, 0.29) is 23.4 Å². The maximum Gasteiger partial charge on any atom is 0.243 e. The van der Waals surface area contributed by atoms with Gasteiger partial charge in [-0.15, -0.1) is 11.3 Å². The smallest absolute Gasteiger partial charge is 0.243 e. The molecule has 0 saturated heterocycles. The van der Waals surface area contributed by atoms with Crippen LogP contribution in [0.5, 0.6) is 0 Å². The minimum Gasteiger partial charge on any atom is -0.332 e. The normalized spacial score (nSPS) is 12.6. The lowest BCUT2D eigenvalue weighted by molar-refractivity contribution is -0.133. The second-order valence-corrected chi connectivity index (χ2v) is 11.8. The molecule has 3 aromatic rings. The number of hydrogen-bond acceptors (Lipinski definition) is 4. The molecule has 0 N–H and O–H groups in total. The van der Waals surface area contributed by atoms with Crippen molar-refractivity contribution in [2.24, 2.45) is 0 Å². The Bertz CT molecular complexity index is 1160. The standard InChI is InChI=1S/C25H29BrN2O3S2/c1-4-20(3)28(33(30,31)23-12-10-22(26)11-13-23)18-25(29)27(16-21-8-6-5-7-9-21)17-24-19(2)14-15-32-24/h5-15,20H,4,16-18H2,1-3H3. The quantitative estimate of drug-likeness (QED) is 0.320. The Labute approximate surface area is 209 Å². The van der Waals surface area contributed by atoms with Crippen molar-refractivity contribution >= 4 is 43.2 Å². The summed E-state index contributed by atoms with van der Waals surface area (Å²) >= 11 is 4.96. The maximum atomic E-state index is 13.6. The van der Waals surface area contributed by atoms with Crippen LogP contribution in [0.4, 0.5) is 0 Å². The highest BCUT2D eigenvalue weighted by molar-refractivity contribution is 9.10. The molecule has 8 heteroatoms.